The topological polar surface area (TPSA) is 50.4 Å². The highest BCUT2D eigenvalue weighted by molar-refractivity contribution is 7.99. The molecule has 2 saturated carbocycles. The van der Waals surface area contributed by atoms with Crippen LogP contribution in [0.4, 0.5) is 4.79 Å². The van der Waals surface area contributed by atoms with Crippen molar-refractivity contribution in [1.82, 2.24) is 10.6 Å². The van der Waals surface area contributed by atoms with E-state index in [9.17, 15) is 4.79 Å². The number of hydrogen-bond acceptors (Lipinski definition) is 3. The van der Waals surface area contributed by atoms with Gasteiger partial charge in [-0.25, -0.2) is 4.79 Å². The molecular formula is C17H28N2O2S. The Morgan fingerprint density at radius 3 is 2.95 bits per heavy atom. The summed E-state index contributed by atoms with van der Waals surface area (Å²) in [7, 11) is 0. The minimum Gasteiger partial charge on any atom is -0.374 e. The van der Waals surface area contributed by atoms with Gasteiger partial charge in [-0.15, -0.1) is 0 Å². The Hall–Kier alpha value is -0.420. The van der Waals surface area contributed by atoms with Gasteiger partial charge in [-0.05, 0) is 62.0 Å². The van der Waals surface area contributed by atoms with Crippen LogP contribution < -0.4 is 10.6 Å². The summed E-state index contributed by atoms with van der Waals surface area (Å²) in [5.41, 5.74) is 0.0471. The Labute approximate surface area is 137 Å². The lowest BCUT2D eigenvalue weighted by Crippen LogP contribution is -2.51. The molecule has 0 unspecified atom stereocenters. The van der Waals surface area contributed by atoms with Crippen LogP contribution in [0.2, 0.25) is 0 Å². The Balaban J connectivity index is 1.22. The monoisotopic (exact) mass is 324 g/mol. The number of carbonyl (C=O) groups excluding carboxylic acids is 1. The van der Waals surface area contributed by atoms with Gasteiger partial charge in [0.25, 0.3) is 0 Å². The van der Waals surface area contributed by atoms with Crippen molar-refractivity contribution in [3.05, 3.63) is 0 Å². The number of ether oxygens (including phenoxy) is 1. The first kappa shape index (κ1) is 15.1. The Morgan fingerprint density at radius 2 is 2.23 bits per heavy atom. The van der Waals surface area contributed by atoms with Gasteiger partial charge in [0.1, 0.15) is 0 Å². The van der Waals surface area contributed by atoms with Gasteiger partial charge in [0.15, 0.2) is 0 Å². The largest absolute Gasteiger partial charge is 0.374 e. The summed E-state index contributed by atoms with van der Waals surface area (Å²) in [4.78, 5) is 12.2. The van der Waals surface area contributed by atoms with Gasteiger partial charge in [0.05, 0.1) is 5.60 Å². The number of thioether (sulfide) groups is 1. The van der Waals surface area contributed by atoms with Crippen molar-refractivity contribution in [1.29, 1.82) is 0 Å². The average molecular weight is 324 g/mol. The first-order valence-corrected chi connectivity index (χ1v) is 10.1. The maximum atomic E-state index is 12.2. The Bertz CT molecular complexity index is 425. The summed E-state index contributed by atoms with van der Waals surface area (Å²) in [6.45, 7) is 1.66. The van der Waals surface area contributed by atoms with Crippen molar-refractivity contribution in [2.75, 3.05) is 24.7 Å². The van der Waals surface area contributed by atoms with Gasteiger partial charge in [0.2, 0.25) is 0 Å². The standard InChI is InChI=1S/C17H28N2O2S/c20-16(18-10-14-8-12-1-2-13(14)7-12)19-15-3-5-21-17(9-15)4-6-22-11-17/h12-15H,1-11H2,(H2,18,19,20)/t12-,13-,14-,15+,17+/m0/s1. The van der Waals surface area contributed by atoms with Gasteiger partial charge >= 0.3 is 6.03 Å². The predicted octanol–water partition coefficient (Wildman–Crippen LogP) is 2.78. The molecule has 2 bridgehead atoms. The third-order valence-corrected chi connectivity index (χ3v) is 7.53. The predicted molar refractivity (Wildman–Crippen MR) is 89.1 cm³/mol. The van der Waals surface area contributed by atoms with Crippen molar-refractivity contribution in [2.45, 2.75) is 56.6 Å². The molecule has 1 spiro atoms. The summed E-state index contributed by atoms with van der Waals surface area (Å²) >= 11 is 1.98. The fourth-order valence-electron chi connectivity index (χ4n) is 5.10. The smallest absolute Gasteiger partial charge is 0.315 e. The van der Waals surface area contributed by atoms with Crippen LogP contribution in [0.25, 0.3) is 0 Å². The lowest BCUT2D eigenvalue weighted by molar-refractivity contribution is -0.0684. The van der Waals surface area contributed by atoms with Gasteiger partial charge in [-0.1, -0.05) is 6.42 Å². The Morgan fingerprint density at radius 1 is 1.27 bits per heavy atom. The maximum Gasteiger partial charge on any atom is 0.315 e. The first-order chi connectivity index (χ1) is 10.7. The molecule has 4 fully saturated rings. The summed E-state index contributed by atoms with van der Waals surface area (Å²) in [5.74, 6) is 4.86. The van der Waals surface area contributed by atoms with E-state index < -0.39 is 0 Å². The molecule has 0 aromatic rings. The fraction of sp³-hybridized carbons (Fsp3) is 0.941. The van der Waals surface area contributed by atoms with E-state index in [1.165, 1.54) is 31.4 Å². The molecule has 2 amide bonds. The summed E-state index contributed by atoms with van der Waals surface area (Å²) < 4.78 is 6.02. The highest BCUT2D eigenvalue weighted by Crippen LogP contribution is 2.47. The molecule has 2 saturated heterocycles. The molecule has 4 rings (SSSR count). The zero-order valence-electron chi connectivity index (χ0n) is 13.3. The van der Waals surface area contributed by atoms with E-state index in [1.807, 2.05) is 11.8 Å². The SMILES string of the molecule is O=C(NC[C@@H]1C[C@H]2CC[C@H]1C2)N[C@@H]1CCO[C@]2(CCSC2)C1. The van der Waals surface area contributed by atoms with Crippen LogP contribution in [-0.4, -0.2) is 42.3 Å². The number of fused-ring (bicyclic) bond motifs is 2. The molecule has 2 N–H and O–H groups in total. The molecule has 0 aromatic carbocycles. The molecule has 0 radical (unpaired) electrons. The van der Waals surface area contributed by atoms with E-state index in [-0.39, 0.29) is 17.7 Å². The molecule has 2 aliphatic carbocycles. The molecule has 22 heavy (non-hydrogen) atoms. The lowest BCUT2D eigenvalue weighted by atomic mass is 9.89. The van der Waals surface area contributed by atoms with Crippen LogP contribution in [-0.2, 0) is 4.74 Å². The van der Waals surface area contributed by atoms with E-state index in [4.69, 9.17) is 4.74 Å². The third-order valence-electron chi connectivity index (χ3n) is 6.30. The number of hydrogen-bond donors (Lipinski definition) is 2. The summed E-state index contributed by atoms with van der Waals surface area (Å²) in [5, 5.41) is 6.34. The Kier molecular flexibility index (Phi) is 4.29. The first-order valence-electron chi connectivity index (χ1n) is 8.98. The summed E-state index contributed by atoms with van der Waals surface area (Å²) in [6, 6.07) is 0.322. The third kappa shape index (κ3) is 3.12. The van der Waals surface area contributed by atoms with E-state index in [2.05, 4.69) is 10.6 Å². The molecule has 0 aromatic heterocycles. The highest BCUT2D eigenvalue weighted by Gasteiger charge is 2.41. The van der Waals surface area contributed by atoms with Crippen LogP contribution in [0.15, 0.2) is 0 Å². The van der Waals surface area contributed by atoms with Gasteiger partial charge in [-0.2, -0.15) is 11.8 Å². The normalized spacial score (nSPS) is 43.6. The quantitative estimate of drug-likeness (QED) is 0.839. The van der Waals surface area contributed by atoms with Crippen molar-refractivity contribution in [3.8, 4) is 0 Å². The molecule has 4 nitrogen and oxygen atoms in total. The number of rotatable bonds is 3. The van der Waals surface area contributed by atoms with Crippen LogP contribution in [0, 0.1) is 17.8 Å². The van der Waals surface area contributed by atoms with Crippen LogP contribution in [0.3, 0.4) is 0 Å². The van der Waals surface area contributed by atoms with Crippen molar-refractivity contribution < 1.29 is 9.53 Å². The lowest BCUT2D eigenvalue weighted by Gasteiger charge is -2.38. The van der Waals surface area contributed by atoms with E-state index in [0.717, 1.165) is 55.9 Å². The van der Waals surface area contributed by atoms with E-state index in [1.54, 1.807) is 0 Å². The van der Waals surface area contributed by atoms with Crippen molar-refractivity contribution in [3.63, 3.8) is 0 Å². The average Bonchev–Trinajstić information content (AvgIpc) is 3.22. The van der Waals surface area contributed by atoms with Gasteiger partial charge in [0, 0.05) is 24.9 Å². The zero-order valence-corrected chi connectivity index (χ0v) is 14.1. The molecule has 2 aliphatic heterocycles. The number of urea groups is 1. The van der Waals surface area contributed by atoms with Gasteiger partial charge < -0.3 is 15.4 Å². The minimum absolute atomic E-state index is 0.0375. The molecule has 4 aliphatic rings. The van der Waals surface area contributed by atoms with E-state index >= 15 is 0 Å². The number of amides is 2. The fourth-order valence-corrected chi connectivity index (χ4v) is 6.48. The summed E-state index contributed by atoms with van der Waals surface area (Å²) in [6.07, 6.45) is 8.64. The zero-order chi connectivity index (χ0) is 15.0. The second-order valence-electron chi connectivity index (χ2n) is 7.81. The maximum absolute atomic E-state index is 12.2. The molecule has 124 valence electrons. The minimum atomic E-state index is 0.0375. The van der Waals surface area contributed by atoms with E-state index in [0.29, 0.717) is 0 Å². The molecular weight excluding hydrogens is 296 g/mol. The molecule has 2 heterocycles. The molecule has 5 heteroatoms. The van der Waals surface area contributed by atoms with Crippen molar-refractivity contribution >= 4 is 17.8 Å². The second kappa shape index (κ2) is 6.23. The van der Waals surface area contributed by atoms with Crippen LogP contribution in [0.5, 0.6) is 0 Å². The number of carbonyl (C=O) groups is 1. The van der Waals surface area contributed by atoms with Gasteiger partial charge in [-0.3, -0.25) is 0 Å². The molecule has 5 atom stereocenters. The van der Waals surface area contributed by atoms with Crippen molar-refractivity contribution in [2.24, 2.45) is 17.8 Å². The van der Waals surface area contributed by atoms with Crippen LogP contribution >= 0.6 is 11.8 Å². The number of nitrogens with one attached hydrogen (secondary N) is 2. The highest BCUT2D eigenvalue weighted by atomic mass is 32.2. The second-order valence-corrected chi connectivity index (χ2v) is 8.92. The van der Waals surface area contributed by atoms with Crippen LogP contribution in [0.1, 0.15) is 44.9 Å².